The number of hydrazone groups is 1. The van der Waals surface area contributed by atoms with Crippen molar-refractivity contribution in [1.82, 2.24) is 9.53 Å². The van der Waals surface area contributed by atoms with Gasteiger partial charge in [0.05, 0.1) is 12.8 Å². The van der Waals surface area contributed by atoms with Crippen LogP contribution in [0.1, 0.15) is 0 Å². The van der Waals surface area contributed by atoms with E-state index in [1.807, 2.05) is 0 Å². The molecule has 0 fully saturated rings. The lowest BCUT2D eigenvalue weighted by molar-refractivity contribution is -0.115. The highest BCUT2D eigenvalue weighted by atomic mass is 32.1. The Morgan fingerprint density at radius 1 is 1.89 bits per heavy atom. The summed E-state index contributed by atoms with van der Waals surface area (Å²) in [5.74, 6) is -0.0249. The van der Waals surface area contributed by atoms with Crippen LogP contribution in [0.2, 0.25) is 0 Å². The Kier molecular flexibility index (Phi) is 1.73. The van der Waals surface area contributed by atoms with E-state index in [1.165, 1.54) is 15.7 Å². The highest BCUT2D eigenvalue weighted by Crippen LogP contribution is 2.01. The van der Waals surface area contributed by atoms with E-state index in [9.17, 15) is 4.79 Å². The van der Waals surface area contributed by atoms with Crippen LogP contribution in [-0.4, -0.2) is 35.1 Å². The fraction of sp³-hybridized carbons (Fsp3) is 0.500. The van der Waals surface area contributed by atoms with E-state index in [1.54, 1.807) is 7.05 Å². The average Bonchev–Trinajstić information content (AvgIpc) is 1.80. The van der Waals surface area contributed by atoms with Gasteiger partial charge in [-0.1, -0.05) is 12.8 Å². The quantitative estimate of drug-likeness (QED) is 0.469. The molecule has 0 unspecified atom stereocenters. The first-order valence-electron chi connectivity index (χ1n) is 2.47. The van der Waals surface area contributed by atoms with Crippen LogP contribution in [-0.2, 0) is 4.79 Å². The zero-order chi connectivity index (χ0) is 6.85. The van der Waals surface area contributed by atoms with Gasteiger partial charge in [-0.05, 0) is 0 Å². The Bertz CT molecular complexity index is 158. The lowest BCUT2D eigenvalue weighted by atomic mass is 10.4. The molecule has 1 heterocycles. The third kappa shape index (κ3) is 1.43. The maximum Gasteiger partial charge on any atom is 0.192 e. The van der Waals surface area contributed by atoms with E-state index in [4.69, 9.17) is 0 Å². The predicted octanol–water partition coefficient (Wildman–Crippen LogP) is -0.452. The highest BCUT2D eigenvalue weighted by molar-refractivity contribution is 7.77. The molecule has 50 valence electrons. The molecule has 5 heteroatoms. The molecule has 1 aliphatic heterocycles. The molecule has 0 spiro atoms. The van der Waals surface area contributed by atoms with Crippen LogP contribution in [0.25, 0.3) is 0 Å². The summed E-state index contributed by atoms with van der Waals surface area (Å²) in [6, 6.07) is 0. The number of ketones is 1. The van der Waals surface area contributed by atoms with E-state index in [0.29, 0.717) is 6.54 Å². The van der Waals surface area contributed by atoms with Gasteiger partial charge in [-0.25, -0.2) is 5.12 Å². The molecule has 0 saturated carbocycles. The number of hydrogen-bond acceptors (Lipinski definition) is 5. The fourth-order valence-corrected chi connectivity index (χ4v) is 0.676. The van der Waals surface area contributed by atoms with Crippen molar-refractivity contribution in [3.8, 4) is 0 Å². The van der Waals surface area contributed by atoms with Gasteiger partial charge in [0.25, 0.3) is 0 Å². The number of thiol groups is 1. The molecule has 9 heavy (non-hydrogen) atoms. The summed E-state index contributed by atoms with van der Waals surface area (Å²) in [5.41, 5.74) is 0. The Morgan fingerprint density at radius 2 is 2.56 bits per heavy atom. The molecule has 0 aromatic rings. The maximum absolute atomic E-state index is 10.6. The summed E-state index contributed by atoms with van der Waals surface area (Å²) in [6.45, 7) is 0.295. The average molecular weight is 145 g/mol. The van der Waals surface area contributed by atoms with Crippen molar-refractivity contribution < 1.29 is 4.79 Å². The van der Waals surface area contributed by atoms with Crippen molar-refractivity contribution in [2.24, 2.45) is 5.10 Å². The summed E-state index contributed by atoms with van der Waals surface area (Å²) in [6.07, 6.45) is 1.28. The van der Waals surface area contributed by atoms with Crippen LogP contribution in [0.3, 0.4) is 0 Å². The molecule has 0 atom stereocenters. The molecule has 0 N–H and O–H groups in total. The van der Waals surface area contributed by atoms with Gasteiger partial charge in [0.15, 0.2) is 5.78 Å². The van der Waals surface area contributed by atoms with Crippen LogP contribution in [0, 0.1) is 0 Å². The molecular formula is C4H7N3OS. The van der Waals surface area contributed by atoms with Crippen LogP contribution in [0.4, 0.5) is 0 Å². The second-order valence-corrected chi connectivity index (χ2v) is 2.19. The van der Waals surface area contributed by atoms with E-state index in [-0.39, 0.29) is 5.78 Å². The van der Waals surface area contributed by atoms with Crippen molar-refractivity contribution in [1.29, 1.82) is 0 Å². The van der Waals surface area contributed by atoms with Crippen LogP contribution in [0.15, 0.2) is 5.10 Å². The van der Waals surface area contributed by atoms with Gasteiger partial charge >= 0.3 is 0 Å². The first-order chi connectivity index (χ1) is 4.20. The molecule has 0 amide bonds. The summed E-state index contributed by atoms with van der Waals surface area (Å²) in [7, 11) is 1.72. The monoisotopic (exact) mass is 145 g/mol. The van der Waals surface area contributed by atoms with Crippen molar-refractivity contribution in [2.45, 2.75) is 0 Å². The van der Waals surface area contributed by atoms with Gasteiger partial charge in [0.1, 0.15) is 0 Å². The summed E-state index contributed by atoms with van der Waals surface area (Å²) >= 11 is 3.94. The van der Waals surface area contributed by atoms with Crippen molar-refractivity contribution in [2.75, 3.05) is 13.6 Å². The molecule has 0 aromatic heterocycles. The van der Waals surface area contributed by atoms with Crippen molar-refractivity contribution in [3.63, 3.8) is 0 Å². The third-order valence-corrected chi connectivity index (χ3v) is 1.40. The topological polar surface area (TPSA) is 35.9 Å². The van der Waals surface area contributed by atoms with E-state index < -0.39 is 0 Å². The lowest BCUT2D eigenvalue weighted by Crippen LogP contribution is -2.37. The van der Waals surface area contributed by atoms with E-state index in [2.05, 4.69) is 17.9 Å². The number of hydrazine groups is 1. The minimum atomic E-state index is -0.0249. The molecule has 4 nitrogen and oxygen atoms in total. The molecule has 0 aromatic carbocycles. The number of Topliss-reactive ketones (excluding diaryl/α,β-unsaturated/α-hetero) is 1. The standard InChI is InChI=1S/C4H7N3OS/c1-6-5-2-4(8)3-7(6)9/h2,9H,3H2,1H3. The molecule has 0 radical (unpaired) electrons. The first-order valence-corrected chi connectivity index (χ1v) is 2.87. The molecule has 1 aliphatic rings. The largest absolute Gasteiger partial charge is 0.291 e. The normalized spacial score (nSPS) is 21.1. The lowest BCUT2D eigenvalue weighted by Gasteiger charge is -2.25. The van der Waals surface area contributed by atoms with Gasteiger partial charge in [-0.2, -0.15) is 5.10 Å². The van der Waals surface area contributed by atoms with Crippen LogP contribution in [0.5, 0.6) is 0 Å². The summed E-state index contributed by atoms with van der Waals surface area (Å²) in [4.78, 5) is 10.6. The summed E-state index contributed by atoms with van der Waals surface area (Å²) < 4.78 is 1.43. The number of carbonyl (C=O) groups is 1. The maximum atomic E-state index is 10.6. The van der Waals surface area contributed by atoms with E-state index >= 15 is 0 Å². The molecule has 0 saturated heterocycles. The van der Waals surface area contributed by atoms with Crippen LogP contribution < -0.4 is 0 Å². The zero-order valence-corrected chi connectivity index (χ0v) is 5.88. The van der Waals surface area contributed by atoms with Gasteiger partial charge in [0.2, 0.25) is 0 Å². The Hall–Kier alpha value is -0.550. The first kappa shape index (κ1) is 6.57. The number of carbonyl (C=O) groups excluding carboxylic acids is 1. The molecular weight excluding hydrogens is 138 g/mol. The fourth-order valence-electron chi connectivity index (χ4n) is 0.490. The Balaban J connectivity index is 2.65. The third-order valence-electron chi connectivity index (χ3n) is 1.00. The van der Waals surface area contributed by atoms with Gasteiger partial charge in [-0.3, -0.25) is 4.79 Å². The van der Waals surface area contributed by atoms with Crippen LogP contribution >= 0.6 is 12.8 Å². The van der Waals surface area contributed by atoms with E-state index in [0.717, 1.165) is 0 Å². The number of hydrogen-bond donors (Lipinski definition) is 1. The molecule has 0 bridgehead atoms. The second kappa shape index (κ2) is 2.36. The minimum Gasteiger partial charge on any atom is -0.291 e. The second-order valence-electron chi connectivity index (χ2n) is 1.73. The highest BCUT2D eigenvalue weighted by Gasteiger charge is 2.13. The minimum absolute atomic E-state index is 0.0249. The van der Waals surface area contributed by atoms with Gasteiger partial charge in [-0.15, -0.1) is 4.41 Å². The predicted molar refractivity (Wildman–Crippen MR) is 37.0 cm³/mol. The smallest absolute Gasteiger partial charge is 0.192 e. The molecule has 1 rings (SSSR count). The zero-order valence-electron chi connectivity index (χ0n) is 4.98. The van der Waals surface area contributed by atoms with Gasteiger partial charge in [0, 0.05) is 7.05 Å². The number of rotatable bonds is 0. The van der Waals surface area contributed by atoms with Crippen molar-refractivity contribution in [3.05, 3.63) is 0 Å². The Morgan fingerprint density at radius 3 is 3.00 bits per heavy atom. The number of nitrogens with zero attached hydrogens (tertiary/aromatic N) is 3. The molecule has 0 aliphatic carbocycles. The SMILES string of the molecule is CN1N=CC(=O)CN1S. The summed E-state index contributed by atoms with van der Waals surface area (Å²) in [5, 5.41) is 5.19. The van der Waals surface area contributed by atoms with Gasteiger partial charge < -0.3 is 0 Å². The van der Waals surface area contributed by atoms with Crippen molar-refractivity contribution >= 4 is 24.8 Å². The Labute approximate surface area is 58.6 Å².